The van der Waals surface area contributed by atoms with Gasteiger partial charge < -0.3 is 10.6 Å². The van der Waals surface area contributed by atoms with E-state index < -0.39 is 0 Å². The molecule has 3 nitrogen and oxygen atoms in total. The third kappa shape index (κ3) is 3.95. The van der Waals surface area contributed by atoms with Crippen LogP contribution in [-0.2, 0) is 6.42 Å². The summed E-state index contributed by atoms with van der Waals surface area (Å²) in [5, 5.41) is 7.07. The molecule has 0 amide bonds. The Kier molecular flexibility index (Phi) is 5.16. The van der Waals surface area contributed by atoms with Crippen LogP contribution in [-0.4, -0.2) is 18.9 Å². The number of nitrogens with one attached hydrogen (secondary N) is 2. The van der Waals surface area contributed by atoms with Crippen molar-refractivity contribution in [1.82, 2.24) is 10.6 Å². The minimum atomic E-state index is -0.305. The normalized spacial score (nSPS) is 13.8. The second-order valence-electron chi connectivity index (χ2n) is 5.70. The first kappa shape index (κ1) is 16.5. The molecular formula is C19H18ClFN2O. The van der Waals surface area contributed by atoms with Gasteiger partial charge >= 0.3 is 0 Å². The van der Waals surface area contributed by atoms with E-state index in [1.54, 1.807) is 30.3 Å². The van der Waals surface area contributed by atoms with Gasteiger partial charge in [-0.25, -0.2) is 4.39 Å². The number of allylic oxidation sites excluding steroid dienone is 1. The molecule has 0 unspecified atom stereocenters. The molecular weight excluding hydrogens is 327 g/mol. The summed E-state index contributed by atoms with van der Waals surface area (Å²) in [6, 6.07) is 13.1. The number of Topliss-reactive ketones (excluding diaryl/α,β-unsaturated/α-hetero) is 1. The third-order valence-corrected chi connectivity index (χ3v) is 4.16. The van der Waals surface area contributed by atoms with Crippen LogP contribution in [0.15, 0.2) is 59.9 Å². The van der Waals surface area contributed by atoms with Gasteiger partial charge in [-0.2, -0.15) is 0 Å². The van der Waals surface area contributed by atoms with Crippen LogP contribution in [0.4, 0.5) is 4.39 Å². The summed E-state index contributed by atoms with van der Waals surface area (Å²) >= 11 is 5.90. The molecule has 2 aromatic rings. The molecule has 0 aromatic heterocycles. The predicted molar refractivity (Wildman–Crippen MR) is 93.5 cm³/mol. The maximum absolute atomic E-state index is 13.5. The summed E-state index contributed by atoms with van der Waals surface area (Å²) in [6.07, 6.45) is 1.35. The van der Waals surface area contributed by atoms with Crippen molar-refractivity contribution in [1.29, 1.82) is 0 Å². The standard InChI is InChI=1S/C19H18ClFN2O/c20-15-7-5-14(6-8-15)18(24)17(19-22-9-2-10-23-19)12-13-3-1-4-16(21)11-13/h1,3-8,11,22-23H,2,9-10,12H2. The van der Waals surface area contributed by atoms with Crippen LogP contribution < -0.4 is 10.6 Å². The number of hydrogen-bond donors (Lipinski definition) is 2. The minimum Gasteiger partial charge on any atom is -0.371 e. The Hall–Kier alpha value is -2.33. The second kappa shape index (κ2) is 7.49. The predicted octanol–water partition coefficient (Wildman–Crippen LogP) is 3.70. The summed E-state index contributed by atoms with van der Waals surface area (Å²) in [5.74, 6) is 0.332. The highest BCUT2D eigenvalue weighted by Crippen LogP contribution is 2.19. The van der Waals surface area contributed by atoms with Crippen molar-refractivity contribution in [3.8, 4) is 0 Å². The fraction of sp³-hybridized carbons (Fsp3) is 0.211. The number of ketones is 1. The zero-order valence-electron chi connectivity index (χ0n) is 13.1. The Balaban J connectivity index is 1.95. The average molecular weight is 345 g/mol. The van der Waals surface area contributed by atoms with Crippen LogP contribution in [0.3, 0.4) is 0 Å². The van der Waals surface area contributed by atoms with Gasteiger partial charge in [0.25, 0.3) is 0 Å². The molecule has 1 fully saturated rings. The SMILES string of the molecule is O=C(C(Cc1cccc(F)c1)=C1NCCCN1)c1ccc(Cl)cc1. The largest absolute Gasteiger partial charge is 0.371 e. The van der Waals surface area contributed by atoms with Crippen LogP contribution in [0.5, 0.6) is 0 Å². The molecule has 0 spiro atoms. The summed E-state index contributed by atoms with van der Waals surface area (Å²) in [6.45, 7) is 1.62. The number of rotatable bonds is 4. The monoisotopic (exact) mass is 344 g/mol. The second-order valence-corrected chi connectivity index (χ2v) is 6.14. The Morgan fingerprint density at radius 2 is 1.79 bits per heavy atom. The van der Waals surface area contributed by atoms with Crippen molar-refractivity contribution in [2.45, 2.75) is 12.8 Å². The number of halogens is 2. The molecule has 2 N–H and O–H groups in total. The van der Waals surface area contributed by atoms with E-state index in [-0.39, 0.29) is 11.6 Å². The van der Waals surface area contributed by atoms with E-state index in [1.807, 2.05) is 6.07 Å². The van der Waals surface area contributed by atoms with Gasteiger partial charge in [-0.05, 0) is 48.4 Å². The van der Waals surface area contributed by atoms with E-state index >= 15 is 0 Å². The zero-order valence-corrected chi connectivity index (χ0v) is 13.9. The van der Waals surface area contributed by atoms with E-state index in [0.717, 1.165) is 30.9 Å². The van der Waals surface area contributed by atoms with Crippen LogP contribution >= 0.6 is 11.6 Å². The van der Waals surface area contributed by atoms with Crippen molar-refractivity contribution in [2.24, 2.45) is 0 Å². The highest BCUT2D eigenvalue weighted by molar-refractivity contribution is 6.30. The summed E-state index contributed by atoms with van der Waals surface area (Å²) in [4.78, 5) is 13.0. The smallest absolute Gasteiger partial charge is 0.192 e. The molecule has 24 heavy (non-hydrogen) atoms. The lowest BCUT2D eigenvalue weighted by Gasteiger charge is -2.23. The van der Waals surface area contributed by atoms with E-state index in [0.29, 0.717) is 22.6 Å². The van der Waals surface area contributed by atoms with Gasteiger partial charge in [0, 0.05) is 35.7 Å². The van der Waals surface area contributed by atoms with Crippen molar-refractivity contribution < 1.29 is 9.18 Å². The van der Waals surface area contributed by atoms with Crippen molar-refractivity contribution in [3.05, 3.63) is 81.9 Å². The molecule has 0 bridgehead atoms. The van der Waals surface area contributed by atoms with Gasteiger partial charge in [-0.3, -0.25) is 4.79 Å². The van der Waals surface area contributed by atoms with Gasteiger partial charge in [0.2, 0.25) is 0 Å². The highest BCUT2D eigenvalue weighted by Gasteiger charge is 2.19. The van der Waals surface area contributed by atoms with E-state index in [1.165, 1.54) is 12.1 Å². The molecule has 0 atom stereocenters. The molecule has 0 saturated carbocycles. The molecule has 5 heteroatoms. The molecule has 1 heterocycles. The Morgan fingerprint density at radius 1 is 1.08 bits per heavy atom. The minimum absolute atomic E-state index is 0.0900. The van der Waals surface area contributed by atoms with Gasteiger partial charge in [-0.1, -0.05) is 23.7 Å². The number of hydrogen-bond acceptors (Lipinski definition) is 3. The fourth-order valence-corrected chi connectivity index (χ4v) is 2.83. The van der Waals surface area contributed by atoms with Crippen LogP contribution in [0, 0.1) is 5.82 Å². The average Bonchev–Trinajstić information content (AvgIpc) is 2.61. The first-order chi connectivity index (χ1) is 11.6. The first-order valence-electron chi connectivity index (χ1n) is 7.89. The molecule has 0 aliphatic carbocycles. The Morgan fingerprint density at radius 3 is 2.46 bits per heavy atom. The summed E-state index contributed by atoms with van der Waals surface area (Å²) in [5.41, 5.74) is 1.92. The quantitative estimate of drug-likeness (QED) is 0.656. The maximum Gasteiger partial charge on any atom is 0.192 e. The lowest BCUT2D eigenvalue weighted by Crippen LogP contribution is -2.37. The molecule has 1 saturated heterocycles. The maximum atomic E-state index is 13.5. The Bertz CT molecular complexity index is 763. The van der Waals surface area contributed by atoms with Gasteiger partial charge in [0.05, 0.1) is 0 Å². The van der Waals surface area contributed by atoms with Crippen LogP contribution in [0.1, 0.15) is 22.3 Å². The summed E-state index contributed by atoms with van der Waals surface area (Å²) < 4.78 is 13.5. The van der Waals surface area contributed by atoms with Gasteiger partial charge in [0.1, 0.15) is 11.6 Å². The number of carbonyl (C=O) groups excluding carboxylic acids is 1. The van der Waals surface area contributed by atoms with Gasteiger partial charge in [0.15, 0.2) is 5.78 Å². The van der Waals surface area contributed by atoms with Crippen molar-refractivity contribution >= 4 is 17.4 Å². The molecule has 0 radical (unpaired) electrons. The van der Waals surface area contributed by atoms with Crippen molar-refractivity contribution in [3.63, 3.8) is 0 Å². The molecule has 2 aromatic carbocycles. The fourth-order valence-electron chi connectivity index (χ4n) is 2.70. The van der Waals surface area contributed by atoms with E-state index in [4.69, 9.17) is 11.6 Å². The lowest BCUT2D eigenvalue weighted by atomic mass is 9.96. The molecule has 124 valence electrons. The van der Waals surface area contributed by atoms with Crippen molar-refractivity contribution in [2.75, 3.05) is 13.1 Å². The topological polar surface area (TPSA) is 41.1 Å². The first-order valence-corrected chi connectivity index (χ1v) is 8.27. The van der Waals surface area contributed by atoms with E-state index in [9.17, 15) is 9.18 Å². The molecule has 3 rings (SSSR count). The third-order valence-electron chi connectivity index (χ3n) is 3.91. The Labute approximate surface area is 145 Å². The number of carbonyl (C=O) groups is 1. The highest BCUT2D eigenvalue weighted by atomic mass is 35.5. The number of benzene rings is 2. The van der Waals surface area contributed by atoms with E-state index in [2.05, 4.69) is 10.6 Å². The molecule has 1 aliphatic rings. The van der Waals surface area contributed by atoms with Gasteiger partial charge in [-0.15, -0.1) is 0 Å². The zero-order chi connectivity index (χ0) is 16.9. The van der Waals surface area contributed by atoms with Crippen LogP contribution in [0.25, 0.3) is 0 Å². The van der Waals surface area contributed by atoms with Crippen LogP contribution in [0.2, 0.25) is 5.02 Å². The lowest BCUT2D eigenvalue weighted by molar-refractivity contribution is 0.102. The molecule has 1 aliphatic heterocycles. The summed E-state index contributed by atoms with van der Waals surface area (Å²) in [7, 11) is 0.